The van der Waals surface area contributed by atoms with Gasteiger partial charge in [-0.2, -0.15) is 0 Å². The number of halogens is 1. The lowest BCUT2D eigenvalue weighted by Crippen LogP contribution is -2.44. The van der Waals surface area contributed by atoms with E-state index < -0.39 is 6.10 Å². The topological polar surface area (TPSA) is 81.0 Å². The van der Waals surface area contributed by atoms with E-state index >= 15 is 0 Å². The molecule has 6 heteroatoms. The van der Waals surface area contributed by atoms with Gasteiger partial charge in [0.1, 0.15) is 0 Å². The molecule has 0 radical (unpaired) electrons. The molecular weight excluding hydrogens is 302 g/mol. The molecule has 2 unspecified atom stereocenters. The van der Waals surface area contributed by atoms with Crippen molar-refractivity contribution in [3.05, 3.63) is 47.1 Å². The molecule has 3 N–H and O–H groups in total. The van der Waals surface area contributed by atoms with E-state index in [4.69, 9.17) is 22.1 Å². The second kappa shape index (κ2) is 7.96. The number of carbonyl (C=O) groups excluding carboxylic acids is 1. The minimum Gasteiger partial charge on any atom is -0.465 e. The second-order valence-corrected chi connectivity index (χ2v) is 5.67. The summed E-state index contributed by atoms with van der Waals surface area (Å²) in [6.07, 6.45) is 2.01. The monoisotopic (exact) mass is 321 g/mol. The van der Waals surface area contributed by atoms with E-state index in [1.165, 1.54) is 0 Å². The van der Waals surface area contributed by atoms with E-state index in [9.17, 15) is 4.79 Å². The van der Waals surface area contributed by atoms with Crippen molar-refractivity contribution >= 4 is 17.4 Å². The summed E-state index contributed by atoms with van der Waals surface area (Å²) in [4.78, 5) is 11.6. The summed E-state index contributed by atoms with van der Waals surface area (Å²) in [7, 11) is 0. The van der Waals surface area contributed by atoms with E-state index in [0.717, 1.165) is 30.0 Å². The van der Waals surface area contributed by atoms with Gasteiger partial charge in [-0.25, -0.2) is 0 Å². The lowest BCUT2D eigenvalue weighted by molar-refractivity contribution is -0.129. The number of nitrogens with two attached hydrogens (primary N) is 1. The molecule has 3 rings (SSSR count). The molecule has 1 saturated carbocycles. The molecule has 118 valence electrons. The number of carbonyl (C=O) groups is 1. The number of hydrogen-bond acceptors (Lipinski definition) is 4. The first kappa shape index (κ1) is 16.5. The van der Waals surface area contributed by atoms with Crippen LogP contribution in [0.25, 0.3) is 0 Å². The Hall–Kier alpha value is -1.85. The van der Waals surface area contributed by atoms with E-state index in [1.807, 2.05) is 37.3 Å². The number of aromatic nitrogens is 2. The maximum Gasteiger partial charge on any atom is 0.233 e. The molecule has 5 nitrogen and oxygen atoms in total. The number of nitrogens with zero attached hydrogens (tertiary/aromatic N) is 1. The molecule has 1 aliphatic carbocycles. The third kappa shape index (κ3) is 4.86. The summed E-state index contributed by atoms with van der Waals surface area (Å²) in [6, 6.07) is 10.8. The number of H-pyrrole nitrogens is 1. The van der Waals surface area contributed by atoms with E-state index in [1.54, 1.807) is 6.07 Å². The van der Waals surface area contributed by atoms with Crippen LogP contribution >= 0.6 is 11.6 Å². The molecule has 2 aromatic rings. The highest BCUT2D eigenvalue weighted by Crippen LogP contribution is 2.19. The minimum absolute atomic E-state index is 0.0121. The zero-order chi connectivity index (χ0) is 15.9. The van der Waals surface area contributed by atoms with Crippen LogP contribution in [-0.4, -0.2) is 28.1 Å². The van der Waals surface area contributed by atoms with E-state index in [0.29, 0.717) is 5.88 Å². The standard InChI is InChI=1S/C10H15N3O2.C6H5Cl/c1-6-5-9(13-12-6)15-8-4-2-3-7(11)10(8)14;7-6-4-2-1-3-5-6/h5,7-8H,2-4,11H2,1H3,(H,12,13);1-5H. The van der Waals surface area contributed by atoms with Crippen molar-refractivity contribution in [2.45, 2.75) is 38.3 Å². The summed E-state index contributed by atoms with van der Waals surface area (Å²) in [5.74, 6) is 0.460. The number of nitrogens with one attached hydrogen (secondary N) is 1. The Kier molecular flexibility index (Phi) is 5.98. The fraction of sp³-hybridized carbons (Fsp3) is 0.375. The first-order valence-electron chi connectivity index (χ1n) is 7.25. The van der Waals surface area contributed by atoms with Crippen LogP contribution in [0.15, 0.2) is 36.4 Å². The van der Waals surface area contributed by atoms with Crippen LogP contribution in [0, 0.1) is 6.92 Å². The van der Waals surface area contributed by atoms with Crippen molar-refractivity contribution in [2.24, 2.45) is 5.73 Å². The smallest absolute Gasteiger partial charge is 0.233 e. The molecule has 0 aliphatic heterocycles. The van der Waals surface area contributed by atoms with Gasteiger partial charge in [0, 0.05) is 16.8 Å². The van der Waals surface area contributed by atoms with Gasteiger partial charge in [0.2, 0.25) is 5.88 Å². The van der Waals surface area contributed by atoms with Gasteiger partial charge in [-0.15, -0.1) is 5.10 Å². The summed E-state index contributed by atoms with van der Waals surface area (Å²) < 4.78 is 5.49. The lowest BCUT2D eigenvalue weighted by Gasteiger charge is -2.24. The summed E-state index contributed by atoms with van der Waals surface area (Å²) in [5.41, 5.74) is 6.58. The molecule has 1 aromatic carbocycles. The number of ether oxygens (including phenoxy) is 1. The van der Waals surface area contributed by atoms with Crippen LogP contribution < -0.4 is 10.5 Å². The average Bonchev–Trinajstić information content (AvgIpc) is 2.91. The fourth-order valence-electron chi connectivity index (χ4n) is 2.18. The lowest BCUT2D eigenvalue weighted by atomic mass is 9.92. The Labute approximate surface area is 134 Å². The van der Waals surface area contributed by atoms with Crippen LogP contribution in [0.4, 0.5) is 0 Å². The van der Waals surface area contributed by atoms with Crippen molar-refractivity contribution in [3.8, 4) is 5.88 Å². The fourth-order valence-corrected chi connectivity index (χ4v) is 2.32. The average molecular weight is 322 g/mol. The molecule has 0 spiro atoms. The zero-order valence-electron chi connectivity index (χ0n) is 12.5. The molecule has 1 heterocycles. The van der Waals surface area contributed by atoms with Crippen LogP contribution in [0.1, 0.15) is 25.0 Å². The number of aromatic amines is 1. The molecule has 2 atom stereocenters. The first-order valence-corrected chi connectivity index (χ1v) is 7.62. The number of Topliss-reactive ketones (excluding diaryl/α,β-unsaturated/α-hetero) is 1. The third-order valence-electron chi connectivity index (χ3n) is 3.34. The predicted octanol–water partition coefficient (Wildman–Crippen LogP) is 2.89. The Balaban J connectivity index is 0.000000211. The molecule has 0 amide bonds. The Morgan fingerprint density at radius 1 is 1.32 bits per heavy atom. The van der Waals surface area contributed by atoms with Gasteiger partial charge < -0.3 is 10.5 Å². The molecular formula is C16H20ClN3O2. The van der Waals surface area contributed by atoms with Crippen molar-refractivity contribution in [1.82, 2.24) is 10.2 Å². The third-order valence-corrected chi connectivity index (χ3v) is 3.59. The highest BCUT2D eigenvalue weighted by molar-refractivity contribution is 6.30. The number of benzene rings is 1. The maximum atomic E-state index is 11.6. The minimum atomic E-state index is -0.420. The first-order chi connectivity index (χ1) is 10.6. The van der Waals surface area contributed by atoms with Gasteiger partial charge in [0.15, 0.2) is 11.9 Å². The largest absolute Gasteiger partial charge is 0.465 e. The molecule has 1 aliphatic rings. The van der Waals surface area contributed by atoms with Gasteiger partial charge in [0.05, 0.1) is 6.04 Å². The number of ketones is 1. The van der Waals surface area contributed by atoms with Crippen LogP contribution in [0.5, 0.6) is 5.88 Å². The summed E-state index contributed by atoms with van der Waals surface area (Å²) in [5, 5.41) is 7.49. The summed E-state index contributed by atoms with van der Waals surface area (Å²) >= 11 is 5.54. The van der Waals surface area contributed by atoms with Crippen molar-refractivity contribution in [1.29, 1.82) is 0 Å². The Bertz CT molecular complexity index is 600. The zero-order valence-corrected chi connectivity index (χ0v) is 13.2. The van der Waals surface area contributed by atoms with Crippen LogP contribution in [0.2, 0.25) is 5.02 Å². The summed E-state index contributed by atoms with van der Waals surface area (Å²) in [6.45, 7) is 1.88. The van der Waals surface area contributed by atoms with Crippen LogP contribution in [-0.2, 0) is 4.79 Å². The highest BCUT2D eigenvalue weighted by Gasteiger charge is 2.30. The van der Waals surface area contributed by atoms with E-state index in [-0.39, 0.29) is 11.8 Å². The Morgan fingerprint density at radius 2 is 2.05 bits per heavy atom. The predicted molar refractivity (Wildman–Crippen MR) is 86.0 cm³/mol. The normalized spacial score (nSPS) is 21.0. The molecule has 0 saturated heterocycles. The molecule has 0 bridgehead atoms. The maximum absolute atomic E-state index is 11.6. The number of rotatable bonds is 2. The number of hydrogen-bond donors (Lipinski definition) is 2. The highest BCUT2D eigenvalue weighted by atomic mass is 35.5. The van der Waals surface area contributed by atoms with Crippen molar-refractivity contribution < 1.29 is 9.53 Å². The quantitative estimate of drug-likeness (QED) is 0.891. The molecule has 1 fully saturated rings. The van der Waals surface area contributed by atoms with E-state index in [2.05, 4.69) is 10.2 Å². The SMILES string of the molecule is Cc1cc(OC2CCCC(N)C2=O)n[nH]1.Clc1ccccc1. The van der Waals surface area contributed by atoms with Crippen molar-refractivity contribution in [3.63, 3.8) is 0 Å². The van der Waals surface area contributed by atoms with Gasteiger partial charge >= 0.3 is 0 Å². The number of aryl methyl sites for hydroxylation is 1. The molecule has 1 aromatic heterocycles. The molecule has 22 heavy (non-hydrogen) atoms. The van der Waals surface area contributed by atoms with Gasteiger partial charge in [-0.1, -0.05) is 29.8 Å². The van der Waals surface area contributed by atoms with Gasteiger partial charge in [-0.3, -0.25) is 9.89 Å². The second-order valence-electron chi connectivity index (χ2n) is 5.23. The van der Waals surface area contributed by atoms with Crippen LogP contribution in [0.3, 0.4) is 0 Å². The van der Waals surface area contributed by atoms with Crippen molar-refractivity contribution in [2.75, 3.05) is 0 Å². The van der Waals surface area contributed by atoms with Gasteiger partial charge in [0.25, 0.3) is 0 Å². The van der Waals surface area contributed by atoms with Gasteiger partial charge in [-0.05, 0) is 38.3 Å². The Morgan fingerprint density at radius 3 is 2.59 bits per heavy atom.